The van der Waals surface area contributed by atoms with Crippen LogP contribution in [0.25, 0.3) is 0 Å². The van der Waals surface area contributed by atoms with Crippen molar-refractivity contribution in [2.45, 2.75) is 57.4 Å². The van der Waals surface area contributed by atoms with Crippen LogP contribution in [0.1, 0.15) is 42.4 Å². The third-order valence-corrected chi connectivity index (χ3v) is 12.4. The summed E-state index contributed by atoms with van der Waals surface area (Å²) >= 11 is 1.56. The van der Waals surface area contributed by atoms with Crippen molar-refractivity contribution >= 4 is 36.5 Å². The number of hydrogen-bond donors (Lipinski definition) is 0. The first-order valence-corrected chi connectivity index (χ1v) is 16.3. The molecule has 0 N–H and O–H groups in total. The van der Waals surface area contributed by atoms with E-state index in [9.17, 15) is 16.8 Å². The van der Waals surface area contributed by atoms with Gasteiger partial charge in [-0.1, -0.05) is 0 Å². The number of nitrogens with zero attached hydrogens (tertiary/aromatic N) is 4. The van der Waals surface area contributed by atoms with Gasteiger partial charge in [-0.15, -0.1) is 11.3 Å². The third-order valence-electron chi connectivity index (χ3n) is 7.35. The van der Waals surface area contributed by atoms with Gasteiger partial charge >= 0.3 is 0 Å². The fourth-order valence-electron chi connectivity index (χ4n) is 5.32. The van der Waals surface area contributed by atoms with Crippen LogP contribution < -0.4 is 9.64 Å². The van der Waals surface area contributed by atoms with E-state index in [4.69, 9.17) is 4.74 Å². The van der Waals surface area contributed by atoms with Crippen LogP contribution >= 0.6 is 11.3 Å². The Morgan fingerprint density at radius 3 is 2.42 bits per heavy atom. The van der Waals surface area contributed by atoms with Gasteiger partial charge in [0.15, 0.2) is 5.13 Å². The highest BCUT2D eigenvalue weighted by molar-refractivity contribution is 7.89. The minimum atomic E-state index is -3.70. The van der Waals surface area contributed by atoms with E-state index < -0.39 is 20.0 Å². The molecule has 3 heterocycles. The summed E-state index contributed by atoms with van der Waals surface area (Å²) in [6, 6.07) is 1.59. The summed E-state index contributed by atoms with van der Waals surface area (Å²) in [7, 11) is -5.51. The van der Waals surface area contributed by atoms with Crippen LogP contribution in [-0.2, 0) is 20.0 Å². The Balaban J connectivity index is 1.38. The molecule has 9 nitrogen and oxygen atoms in total. The molecule has 1 unspecified atom stereocenters. The minimum absolute atomic E-state index is 0.0361. The smallest absolute Gasteiger partial charge is 0.243 e. The molecule has 1 atom stereocenters. The van der Waals surface area contributed by atoms with Gasteiger partial charge in [-0.05, 0) is 69.2 Å². The van der Waals surface area contributed by atoms with Crippen LogP contribution in [-0.4, -0.2) is 82.1 Å². The minimum Gasteiger partial charge on any atom is -0.496 e. The van der Waals surface area contributed by atoms with Gasteiger partial charge in [-0.2, -0.15) is 8.61 Å². The second-order valence-corrected chi connectivity index (χ2v) is 14.3. The van der Waals surface area contributed by atoms with Gasteiger partial charge in [0, 0.05) is 50.3 Å². The van der Waals surface area contributed by atoms with Gasteiger partial charge in [0.05, 0.1) is 17.8 Å². The SMILES string of the molecule is COc1cc(C)c(S(=O)(=O)N2CCCC2CCCS(=O)(=O)N2CCN(c3nccs3)CC2)c(C)c1C. The predicted octanol–water partition coefficient (Wildman–Crippen LogP) is 3.16. The fraction of sp³-hybridized carbons (Fsp3) is 0.625. The largest absolute Gasteiger partial charge is 0.496 e. The number of hydrogen-bond acceptors (Lipinski definition) is 8. The monoisotopic (exact) mass is 556 g/mol. The van der Waals surface area contributed by atoms with E-state index in [1.165, 1.54) is 0 Å². The summed E-state index contributed by atoms with van der Waals surface area (Å²) in [6.45, 7) is 8.10. The van der Waals surface area contributed by atoms with Gasteiger partial charge in [-0.25, -0.2) is 21.8 Å². The van der Waals surface area contributed by atoms with Crippen LogP contribution in [0.3, 0.4) is 0 Å². The van der Waals surface area contributed by atoms with Crippen molar-refractivity contribution < 1.29 is 21.6 Å². The first-order valence-electron chi connectivity index (χ1n) is 12.3. The molecule has 12 heteroatoms. The lowest BCUT2D eigenvalue weighted by Gasteiger charge is -2.34. The maximum absolute atomic E-state index is 13.7. The summed E-state index contributed by atoms with van der Waals surface area (Å²) in [6.07, 6.45) is 4.26. The lowest BCUT2D eigenvalue weighted by Crippen LogP contribution is -2.49. The summed E-state index contributed by atoms with van der Waals surface area (Å²) in [5.41, 5.74) is 2.19. The number of piperazine rings is 1. The van der Waals surface area contributed by atoms with E-state index in [0.29, 0.717) is 67.3 Å². The Bertz CT molecular complexity index is 1270. The molecule has 1 aromatic carbocycles. The number of sulfonamides is 2. The molecule has 0 spiro atoms. The maximum atomic E-state index is 13.7. The number of anilines is 1. The highest BCUT2D eigenvalue weighted by Gasteiger charge is 2.37. The molecule has 0 bridgehead atoms. The lowest BCUT2D eigenvalue weighted by molar-refractivity contribution is 0.362. The molecule has 2 aliphatic heterocycles. The number of methoxy groups -OCH3 is 1. The van der Waals surface area contributed by atoms with E-state index in [1.807, 2.05) is 19.2 Å². The fourth-order valence-corrected chi connectivity index (χ4v) is 9.74. The van der Waals surface area contributed by atoms with Crippen molar-refractivity contribution in [3.05, 3.63) is 34.3 Å². The van der Waals surface area contributed by atoms with Gasteiger partial charge in [0.25, 0.3) is 0 Å². The number of aryl methyl sites for hydroxylation is 1. The van der Waals surface area contributed by atoms with Crippen molar-refractivity contribution in [2.24, 2.45) is 0 Å². The van der Waals surface area contributed by atoms with Crippen LogP contribution in [0.5, 0.6) is 5.75 Å². The Labute approximate surface area is 219 Å². The zero-order chi connectivity index (χ0) is 26.1. The van der Waals surface area contributed by atoms with Gasteiger partial charge in [-0.3, -0.25) is 0 Å². The van der Waals surface area contributed by atoms with Gasteiger partial charge < -0.3 is 9.64 Å². The molecule has 2 aromatic rings. The van der Waals surface area contributed by atoms with Crippen LogP contribution in [0.15, 0.2) is 22.5 Å². The van der Waals surface area contributed by atoms with Crippen molar-refractivity contribution in [1.29, 1.82) is 0 Å². The lowest BCUT2D eigenvalue weighted by atomic mass is 10.1. The van der Waals surface area contributed by atoms with Crippen LogP contribution in [0, 0.1) is 20.8 Å². The highest BCUT2D eigenvalue weighted by Crippen LogP contribution is 2.36. The summed E-state index contributed by atoms with van der Waals surface area (Å²) < 4.78 is 62.0. The highest BCUT2D eigenvalue weighted by atomic mass is 32.2. The predicted molar refractivity (Wildman–Crippen MR) is 143 cm³/mol. The normalized spacial score (nSPS) is 20.2. The van der Waals surface area contributed by atoms with Crippen molar-refractivity contribution in [3.8, 4) is 5.75 Å². The summed E-state index contributed by atoms with van der Waals surface area (Å²) in [4.78, 5) is 6.77. The molecule has 2 fully saturated rings. The first-order chi connectivity index (χ1) is 17.1. The number of thiazole rings is 1. The van der Waals surface area contributed by atoms with E-state index in [0.717, 1.165) is 23.5 Å². The average molecular weight is 557 g/mol. The second-order valence-electron chi connectivity index (χ2n) is 9.55. The van der Waals surface area contributed by atoms with E-state index in [1.54, 1.807) is 46.2 Å². The Morgan fingerprint density at radius 1 is 1.06 bits per heavy atom. The van der Waals surface area contributed by atoms with E-state index >= 15 is 0 Å². The third kappa shape index (κ3) is 5.42. The molecular formula is C24H36N4O5S3. The van der Waals surface area contributed by atoms with Crippen molar-refractivity contribution in [1.82, 2.24) is 13.6 Å². The molecule has 36 heavy (non-hydrogen) atoms. The molecule has 1 aromatic heterocycles. The van der Waals surface area contributed by atoms with Crippen LogP contribution in [0.2, 0.25) is 0 Å². The second kappa shape index (κ2) is 10.9. The molecular weight excluding hydrogens is 520 g/mol. The topological polar surface area (TPSA) is 100 Å². The molecule has 2 saturated heterocycles. The quantitative estimate of drug-likeness (QED) is 0.468. The molecule has 0 amide bonds. The van der Waals surface area contributed by atoms with Crippen LogP contribution in [0.4, 0.5) is 5.13 Å². The number of aromatic nitrogens is 1. The molecule has 0 aliphatic carbocycles. The van der Waals surface area contributed by atoms with E-state index in [2.05, 4.69) is 9.88 Å². The van der Waals surface area contributed by atoms with Crippen molar-refractivity contribution in [3.63, 3.8) is 0 Å². The Kier molecular flexibility index (Phi) is 8.30. The van der Waals surface area contributed by atoms with Gasteiger partial charge in [0.2, 0.25) is 20.0 Å². The summed E-state index contributed by atoms with van der Waals surface area (Å²) in [5, 5.41) is 2.84. The van der Waals surface area contributed by atoms with E-state index in [-0.39, 0.29) is 11.8 Å². The standard InChI is InChI=1S/C24H36N4O5S3/c1-18-17-22(33-4)19(2)20(3)23(18)36(31,32)28-10-5-7-21(28)8-6-16-35(29,30)27-13-11-26(12-14-27)24-25-9-15-34-24/h9,15,17,21H,5-8,10-14,16H2,1-4H3. The Morgan fingerprint density at radius 2 is 1.78 bits per heavy atom. The number of ether oxygens (including phenoxy) is 1. The molecule has 2 aliphatic rings. The Hall–Kier alpha value is -1.73. The first kappa shape index (κ1) is 27.3. The number of rotatable bonds is 9. The molecule has 4 rings (SSSR count). The zero-order valence-electron chi connectivity index (χ0n) is 21.4. The van der Waals surface area contributed by atoms with Gasteiger partial charge in [0.1, 0.15) is 5.75 Å². The summed E-state index contributed by atoms with van der Waals surface area (Å²) in [5.74, 6) is 0.716. The number of benzene rings is 1. The maximum Gasteiger partial charge on any atom is 0.243 e. The molecule has 0 saturated carbocycles. The van der Waals surface area contributed by atoms with Crippen molar-refractivity contribution in [2.75, 3.05) is 50.5 Å². The average Bonchev–Trinajstić information content (AvgIpc) is 3.54. The zero-order valence-corrected chi connectivity index (χ0v) is 23.9. The molecule has 200 valence electrons. The molecule has 0 radical (unpaired) electrons.